The normalized spacial score (nSPS) is 21.9. The first kappa shape index (κ1) is 15.6. The van der Waals surface area contributed by atoms with Gasteiger partial charge < -0.3 is 14.0 Å². The maximum absolute atomic E-state index is 6.06. The third-order valence-electron chi connectivity index (χ3n) is 4.44. The van der Waals surface area contributed by atoms with Gasteiger partial charge in [-0.1, -0.05) is 30.3 Å². The summed E-state index contributed by atoms with van der Waals surface area (Å²) in [7, 11) is 1.43. The second kappa shape index (κ2) is 5.88. The molecule has 0 aliphatic carbocycles. The van der Waals surface area contributed by atoms with Gasteiger partial charge in [0, 0.05) is 7.11 Å². The van der Waals surface area contributed by atoms with Crippen molar-refractivity contribution in [3.63, 3.8) is 0 Å². The van der Waals surface area contributed by atoms with Gasteiger partial charge in [0.15, 0.2) is 0 Å². The van der Waals surface area contributed by atoms with Crippen LogP contribution >= 0.6 is 0 Å². The lowest BCUT2D eigenvalue weighted by molar-refractivity contribution is 0.00578. The molecule has 0 saturated carbocycles. The zero-order chi connectivity index (χ0) is 14.8. The molecule has 0 unspecified atom stereocenters. The summed E-state index contributed by atoms with van der Waals surface area (Å²) in [5, 5.41) is 0. The molecule has 1 aliphatic rings. The zero-order valence-electron chi connectivity index (χ0n) is 13.2. The van der Waals surface area contributed by atoms with Crippen LogP contribution in [0.2, 0.25) is 0 Å². The summed E-state index contributed by atoms with van der Waals surface area (Å²) >= 11 is 0. The van der Waals surface area contributed by atoms with E-state index in [4.69, 9.17) is 14.0 Å². The molecule has 1 heterocycles. The molecule has 110 valence electrons. The molecule has 1 aromatic carbocycles. The highest BCUT2D eigenvalue weighted by Gasteiger charge is 2.53. The quantitative estimate of drug-likeness (QED) is 0.772. The van der Waals surface area contributed by atoms with Crippen molar-refractivity contribution in [3.05, 3.63) is 35.9 Å². The summed E-state index contributed by atoms with van der Waals surface area (Å²) in [6, 6.07) is 10.4. The zero-order valence-corrected chi connectivity index (χ0v) is 13.2. The smallest absolute Gasteiger partial charge is 0.402 e. The van der Waals surface area contributed by atoms with Crippen molar-refractivity contribution in [1.29, 1.82) is 0 Å². The van der Waals surface area contributed by atoms with Crippen molar-refractivity contribution in [1.82, 2.24) is 0 Å². The number of hydrogen-bond donors (Lipinski definition) is 0. The Balaban J connectivity index is 1.96. The average Bonchev–Trinajstić information content (AvgIpc) is 2.60. The van der Waals surface area contributed by atoms with E-state index in [0.29, 0.717) is 0 Å². The molecule has 1 saturated heterocycles. The third kappa shape index (κ3) is 3.25. The number of hydrogen-bond acceptors (Lipinski definition) is 3. The van der Waals surface area contributed by atoms with Crippen molar-refractivity contribution in [3.8, 4) is 0 Å². The molecule has 3 nitrogen and oxygen atoms in total. The highest BCUT2D eigenvalue weighted by atomic mass is 16.7. The summed E-state index contributed by atoms with van der Waals surface area (Å²) in [5.41, 5.74) is 0.702. The topological polar surface area (TPSA) is 27.7 Å². The van der Waals surface area contributed by atoms with Gasteiger partial charge in [-0.25, -0.2) is 0 Å². The van der Waals surface area contributed by atoms with Gasteiger partial charge in [0.25, 0.3) is 0 Å². The molecular formula is C16H25BO3. The van der Waals surface area contributed by atoms with Crippen LogP contribution in [0.15, 0.2) is 30.3 Å². The minimum absolute atomic E-state index is 0.0451. The molecule has 1 aliphatic heterocycles. The lowest BCUT2D eigenvalue weighted by atomic mass is 9.77. The van der Waals surface area contributed by atoms with Crippen LogP contribution in [0.4, 0.5) is 0 Å². The average molecular weight is 276 g/mol. The molecule has 20 heavy (non-hydrogen) atoms. The van der Waals surface area contributed by atoms with Crippen LogP contribution in [0.3, 0.4) is 0 Å². The fourth-order valence-electron chi connectivity index (χ4n) is 2.36. The SMILES string of the molecule is CO[C@H](CCc1ccccc1)B1OC(C)(C)C(C)(C)O1. The number of rotatable bonds is 5. The molecule has 0 N–H and O–H groups in total. The van der Waals surface area contributed by atoms with Crippen molar-refractivity contribution in [2.75, 3.05) is 7.11 Å². The molecule has 0 spiro atoms. The van der Waals surface area contributed by atoms with Crippen LogP contribution < -0.4 is 0 Å². The number of ether oxygens (including phenoxy) is 1. The highest BCUT2D eigenvalue weighted by Crippen LogP contribution is 2.38. The second-order valence-electron chi connectivity index (χ2n) is 6.42. The van der Waals surface area contributed by atoms with Crippen LogP contribution in [-0.2, 0) is 20.5 Å². The lowest BCUT2D eigenvalue weighted by Crippen LogP contribution is -2.41. The Morgan fingerprint density at radius 3 is 2.10 bits per heavy atom. The van der Waals surface area contributed by atoms with E-state index in [2.05, 4.69) is 52.0 Å². The van der Waals surface area contributed by atoms with Crippen LogP contribution in [0.1, 0.15) is 39.7 Å². The third-order valence-corrected chi connectivity index (χ3v) is 4.44. The van der Waals surface area contributed by atoms with Gasteiger partial charge in [0.1, 0.15) is 0 Å². The summed E-state index contributed by atoms with van der Waals surface area (Å²) in [6.45, 7) is 8.27. The summed E-state index contributed by atoms with van der Waals surface area (Å²) in [4.78, 5) is 0. The van der Waals surface area contributed by atoms with Gasteiger partial charge in [-0.3, -0.25) is 0 Å². The molecule has 4 heteroatoms. The number of methoxy groups -OCH3 is 1. The van der Waals surface area contributed by atoms with E-state index in [1.807, 2.05) is 6.07 Å². The van der Waals surface area contributed by atoms with E-state index in [1.165, 1.54) is 5.56 Å². The Hall–Kier alpha value is -0.835. The van der Waals surface area contributed by atoms with Crippen LogP contribution in [-0.4, -0.2) is 31.4 Å². The Labute approximate surface area is 122 Å². The number of aryl methyl sites for hydroxylation is 1. The Morgan fingerprint density at radius 1 is 1.05 bits per heavy atom. The fraction of sp³-hybridized carbons (Fsp3) is 0.625. The van der Waals surface area contributed by atoms with Crippen LogP contribution in [0.25, 0.3) is 0 Å². The van der Waals surface area contributed by atoms with E-state index in [-0.39, 0.29) is 24.3 Å². The van der Waals surface area contributed by atoms with Gasteiger partial charge in [-0.05, 0) is 46.1 Å². The minimum Gasteiger partial charge on any atom is -0.402 e. The molecule has 1 aromatic rings. The van der Waals surface area contributed by atoms with Gasteiger partial charge in [-0.2, -0.15) is 0 Å². The predicted octanol–water partition coefficient (Wildman–Crippen LogP) is 3.27. The largest absolute Gasteiger partial charge is 0.488 e. The Kier molecular flexibility index (Phi) is 4.57. The van der Waals surface area contributed by atoms with E-state index >= 15 is 0 Å². The Bertz CT molecular complexity index is 415. The van der Waals surface area contributed by atoms with Crippen LogP contribution in [0, 0.1) is 0 Å². The molecule has 0 radical (unpaired) electrons. The van der Waals surface area contributed by atoms with E-state index in [1.54, 1.807) is 7.11 Å². The van der Waals surface area contributed by atoms with Crippen molar-refractivity contribution in [2.24, 2.45) is 0 Å². The lowest BCUT2D eigenvalue weighted by Gasteiger charge is -2.32. The highest BCUT2D eigenvalue weighted by molar-refractivity contribution is 6.47. The first-order valence-corrected chi connectivity index (χ1v) is 7.28. The summed E-state index contributed by atoms with van der Waals surface area (Å²) in [6.07, 6.45) is 1.85. The van der Waals surface area contributed by atoms with Crippen molar-refractivity contribution in [2.45, 2.75) is 57.7 Å². The minimum atomic E-state index is -0.304. The van der Waals surface area contributed by atoms with Gasteiger partial charge in [-0.15, -0.1) is 0 Å². The molecule has 0 amide bonds. The molecule has 1 atom stereocenters. The van der Waals surface area contributed by atoms with Crippen LogP contribution in [0.5, 0.6) is 0 Å². The molecule has 0 aromatic heterocycles. The Morgan fingerprint density at radius 2 is 1.60 bits per heavy atom. The van der Waals surface area contributed by atoms with Gasteiger partial charge in [0.2, 0.25) is 0 Å². The first-order valence-electron chi connectivity index (χ1n) is 7.28. The monoisotopic (exact) mass is 276 g/mol. The van der Waals surface area contributed by atoms with E-state index in [9.17, 15) is 0 Å². The van der Waals surface area contributed by atoms with E-state index < -0.39 is 0 Å². The fourth-order valence-corrected chi connectivity index (χ4v) is 2.36. The summed E-state index contributed by atoms with van der Waals surface area (Å²) in [5.74, 6) is 0. The van der Waals surface area contributed by atoms with Crippen molar-refractivity contribution >= 4 is 7.12 Å². The van der Waals surface area contributed by atoms with Gasteiger partial charge in [0.05, 0.1) is 17.2 Å². The number of benzene rings is 1. The van der Waals surface area contributed by atoms with Crippen molar-refractivity contribution < 1.29 is 14.0 Å². The molecule has 2 rings (SSSR count). The van der Waals surface area contributed by atoms with E-state index in [0.717, 1.165) is 12.8 Å². The first-order chi connectivity index (χ1) is 9.36. The predicted molar refractivity (Wildman–Crippen MR) is 81.6 cm³/mol. The van der Waals surface area contributed by atoms with Gasteiger partial charge >= 0.3 is 7.12 Å². The second-order valence-corrected chi connectivity index (χ2v) is 6.42. The maximum atomic E-state index is 6.06. The molecule has 0 bridgehead atoms. The molecular weight excluding hydrogens is 251 g/mol. The molecule has 1 fully saturated rings. The summed E-state index contributed by atoms with van der Waals surface area (Å²) < 4.78 is 17.7. The maximum Gasteiger partial charge on any atom is 0.488 e. The standard InChI is InChI=1S/C16H25BO3/c1-15(2)16(3,4)20-17(19-15)14(18-5)12-11-13-9-7-6-8-10-13/h6-10,14H,11-12H2,1-5H3/t14-/m1/s1.